The Morgan fingerprint density at radius 3 is 2.54 bits per heavy atom. The fraction of sp³-hybridized carbons (Fsp3) is 0.444. The average molecular weight is 184 g/mol. The van der Waals surface area contributed by atoms with Crippen molar-refractivity contribution in [3.63, 3.8) is 0 Å². The molecule has 0 radical (unpaired) electrons. The number of allylic oxidation sites excluding steroid dienone is 2. The van der Waals surface area contributed by atoms with Crippen molar-refractivity contribution >= 4 is 5.91 Å². The van der Waals surface area contributed by atoms with E-state index in [-0.39, 0.29) is 5.91 Å². The second-order valence-electron chi connectivity index (χ2n) is 2.68. The molecule has 0 aromatic heterocycles. The van der Waals surface area contributed by atoms with E-state index >= 15 is 0 Å². The maximum absolute atomic E-state index is 11.1. The van der Waals surface area contributed by atoms with Crippen LogP contribution in [0.2, 0.25) is 0 Å². The third-order valence-corrected chi connectivity index (χ3v) is 1.50. The molecule has 4 nitrogen and oxygen atoms in total. The quantitative estimate of drug-likeness (QED) is 0.494. The largest absolute Gasteiger partial charge is 0.495 e. The van der Waals surface area contributed by atoms with Gasteiger partial charge >= 0.3 is 0 Å². The molecule has 1 amide bonds. The summed E-state index contributed by atoms with van der Waals surface area (Å²) in [6.07, 6.45) is 1.52. The lowest BCUT2D eigenvalue weighted by Crippen LogP contribution is -2.37. The zero-order valence-electron chi connectivity index (χ0n) is 8.26. The predicted molar refractivity (Wildman–Crippen MR) is 51.7 cm³/mol. The number of hydrogen-bond donors (Lipinski definition) is 2. The molecule has 0 bridgehead atoms. The van der Waals surface area contributed by atoms with Crippen molar-refractivity contribution in [3.8, 4) is 0 Å². The summed E-state index contributed by atoms with van der Waals surface area (Å²) in [5.74, 6) is 0.294. The van der Waals surface area contributed by atoms with Crippen LogP contribution < -0.4 is 11.1 Å². The number of nitrogens with one attached hydrogen (secondary N) is 1. The molecule has 1 atom stereocenters. The van der Waals surface area contributed by atoms with E-state index in [2.05, 4.69) is 11.9 Å². The van der Waals surface area contributed by atoms with Gasteiger partial charge in [0.2, 0.25) is 5.91 Å². The van der Waals surface area contributed by atoms with Crippen molar-refractivity contribution in [3.05, 3.63) is 24.1 Å². The topological polar surface area (TPSA) is 64.3 Å². The van der Waals surface area contributed by atoms with E-state index in [0.717, 1.165) is 0 Å². The smallest absolute Gasteiger partial charge is 0.240 e. The summed E-state index contributed by atoms with van der Waals surface area (Å²) < 4.78 is 4.95. The first kappa shape index (κ1) is 11.7. The molecule has 0 heterocycles. The van der Waals surface area contributed by atoms with Gasteiger partial charge in [-0.2, -0.15) is 0 Å². The summed E-state index contributed by atoms with van der Waals surface area (Å²) in [7, 11) is 1.51. The van der Waals surface area contributed by atoms with E-state index in [0.29, 0.717) is 11.5 Å². The predicted octanol–water partition coefficient (Wildman–Crippen LogP) is 0.514. The maximum Gasteiger partial charge on any atom is 0.240 e. The molecular weight excluding hydrogens is 168 g/mol. The molecule has 1 unspecified atom stereocenters. The van der Waals surface area contributed by atoms with E-state index in [4.69, 9.17) is 10.5 Å². The van der Waals surface area contributed by atoms with Crippen molar-refractivity contribution < 1.29 is 9.53 Å². The lowest BCUT2D eigenvalue weighted by Gasteiger charge is -2.10. The lowest BCUT2D eigenvalue weighted by atomic mass is 10.3. The Kier molecular flexibility index (Phi) is 4.84. The van der Waals surface area contributed by atoms with Crippen LogP contribution in [0.3, 0.4) is 0 Å². The molecule has 3 N–H and O–H groups in total. The minimum Gasteiger partial charge on any atom is -0.495 e. The van der Waals surface area contributed by atoms with Crippen LogP contribution >= 0.6 is 0 Å². The van der Waals surface area contributed by atoms with Crippen LogP contribution in [-0.4, -0.2) is 19.1 Å². The van der Waals surface area contributed by atoms with Gasteiger partial charge in [0.05, 0.1) is 18.8 Å². The summed E-state index contributed by atoms with van der Waals surface area (Å²) in [6, 6.07) is -0.530. The van der Waals surface area contributed by atoms with E-state index in [1.165, 1.54) is 13.2 Å². The van der Waals surface area contributed by atoms with Gasteiger partial charge in [-0.1, -0.05) is 6.58 Å². The zero-order chi connectivity index (χ0) is 10.4. The number of carbonyl (C=O) groups is 1. The number of rotatable bonds is 4. The molecule has 0 aliphatic rings. The first-order valence-electron chi connectivity index (χ1n) is 3.96. The highest BCUT2D eigenvalue weighted by atomic mass is 16.5. The minimum atomic E-state index is -0.530. The van der Waals surface area contributed by atoms with Crippen LogP contribution in [0.25, 0.3) is 0 Å². The lowest BCUT2D eigenvalue weighted by molar-refractivity contribution is -0.121. The number of amides is 1. The van der Waals surface area contributed by atoms with E-state index in [9.17, 15) is 4.79 Å². The minimum absolute atomic E-state index is 0.242. The van der Waals surface area contributed by atoms with Crippen molar-refractivity contribution in [2.45, 2.75) is 19.9 Å². The Morgan fingerprint density at radius 1 is 1.69 bits per heavy atom. The van der Waals surface area contributed by atoms with Crippen molar-refractivity contribution in [1.82, 2.24) is 5.32 Å². The van der Waals surface area contributed by atoms with Gasteiger partial charge < -0.3 is 15.8 Å². The fourth-order valence-electron chi connectivity index (χ4n) is 0.750. The first-order valence-corrected chi connectivity index (χ1v) is 3.96. The number of nitrogens with two attached hydrogens (primary N) is 1. The summed E-state index contributed by atoms with van der Waals surface area (Å²) in [4.78, 5) is 11.1. The Hall–Kier alpha value is -1.29. The Bertz CT molecular complexity index is 232. The van der Waals surface area contributed by atoms with Gasteiger partial charge in [0.15, 0.2) is 0 Å². The molecule has 0 aliphatic carbocycles. The monoisotopic (exact) mass is 184 g/mol. The van der Waals surface area contributed by atoms with Gasteiger partial charge in [-0.15, -0.1) is 0 Å². The SMILES string of the molecule is C=C/C(OC)=C(\C)NC(=O)C(C)N. The van der Waals surface area contributed by atoms with Crippen LogP contribution in [0.4, 0.5) is 0 Å². The first-order chi connectivity index (χ1) is 6.02. The van der Waals surface area contributed by atoms with E-state index in [1.54, 1.807) is 13.8 Å². The molecule has 0 spiro atoms. The molecular formula is C9H16N2O2. The highest BCUT2D eigenvalue weighted by molar-refractivity contribution is 5.82. The fourth-order valence-corrected chi connectivity index (χ4v) is 0.750. The number of hydrogen-bond acceptors (Lipinski definition) is 3. The zero-order valence-corrected chi connectivity index (χ0v) is 8.26. The van der Waals surface area contributed by atoms with Crippen LogP contribution in [-0.2, 0) is 9.53 Å². The van der Waals surface area contributed by atoms with Gasteiger partial charge in [0.1, 0.15) is 5.76 Å². The number of methoxy groups -OCH3 is 1. The van der Waals surface area contributed by atoms with E-state index in [1.807, 2.05) is 0 Å². The van der Waals surface area contributed by atoms with Crippen LogP contribution in [0.15, 0.2) is 24.1 Å². The molecule has 0 saturated carbocycles. The van der Waals surface area contributed by atoms with Crippen molar-refractivity contribution in [2.24, 2.45) is 5.73 Å². The number of ether oxygens (including phenoxy) is 1. The molecule has 4 heteroatoms. The molecule has 0 rings (SSSR count). The average Bonchev–Trinajstić information content (AvgIpc) is 2.06. The maximum atomic E-state index is 11.1. The second-order valence-corrected chi connectivity index (χ2v) is 2.68. The van der Waals surface area contributed by atoms with Crippen molar-refractivity contribution in [2.75, 3.05) is 7.11 Å². The highest BCUT2D eigenvalue weighted by Crippen LogP contribution is 2.02. The van der Waals surface area contributed by atoms with Crippen molar-refractivity contribution in [1.29, 1.82) is 0 Å². The highest BCUT2D eigenvalue weighted by Gasteiger charge is 2.08. The van der Waals surface area contributed by atoms with Gasteiger partial charge in [0.25, 0.3) is 0 Å². The third-order valence-electron chi connectivity index (χ3n) is 1.50. The summed E-state index contributed by atoms with van der Waals surface area (Å²) >= 11 is 0. The molecule has 13 heavy (non-hydrogen) atoms. The molecule has 0 fully saturated rings. The van der Waals surface area contributed by atoms with Gasteiger partial charge in [-0.3, -0.25) is 4.79 Å². The third kappa shape index (κ3) is 3.75. The molecule has 0 saturated heterocycles. The summed E-state index contributed by atoms with van der Waals surface area (Å²) in [5.41, 5.74) is 5.98. The standard InChI is InChI=1S/C9H16N2O2/c1-5-8(13-4)7(3)11-9(12)6(2)10/h5-6H,1,10H2,2-4H3,(H,11,12)/b8-7-. The molecule has 0 aromatic carbocycles. The Balaban J connectivity index is 4.43. The molecule has 0 aliphatic heterocycles. The van der Waals surface area contributed by atoms with Crippen LogP contribution in [0.1, 0.15) is 13.8 Å². The van der Waals surface area contributed by atoms with Crippen LogP contribution in [0.5, 0.6) is 0 Å². The van der Waals surface area contributed by atoms with Crippen LogP contribution in [0, 0.1) is 0 Å². The number of carbonyl (C=O) groups excluding carboxylic acids is 1. The van der Waals surface area contributed by atoms with Gasteiger partial charge in [-0.05, 0) is 19.9 Å². The molecule has 74 valence electrons. The Labute approximate surface area is 78.4 Å². The van der Waals surface area contributed by atoms with Gasteiger partial charge in [0, 0.05) is 0 Å². The van der Waals surface area contributed by atoms with E-state index < -0.39 is 6.04 Å². The Morgan fingerprint density at radius 2 is 2.23 bits per heavy atom. The molecule has 0 aromatic rings. The normalized spacial score (nSPS) is 14.2. The van der Waals surface area contributed by atoms with Gasteiger partial charge in [-0.25, -0.2) is 0 Å². The summed E-state index contributed by atoms with van der Waals surface area (Å²) in [6.45, 7) is 6.88. The summed E-state index contributed by atoms with van der Waals surface area (Å²) in [5, 5.41) is 2.60. The second kappa shape index (κ2) is 5.37.